The van der Waals surface area contributed by atoms with E-state index in [1.165, 1.54) is 50.5 Å². The van der Waals surface area contributed by atoms with Gasteiger partial charge in [0, 0.05) is 7.11 Å². The van der Waals surface area contributed by atoms with Crippen LogP contribution in [0.1, 0.15) is 50.5 Å². The zero-order valence-corrected chi connectivity index (χ0v) is 13.4. The van der Waals surface area contributed by atoms with Crippen LogP contribution in [0.2, 0.25) is 0 Å². The van der Waals surface area contributed by atoms with E-state index in [4.69, 9.17) is 9.47 Å². The number of ether oxygens (including phenoxy) is 2. The lowest BCUT2D eigenvalue weighted by molar-refractivity contribution is -0.159. The molecule has 0 bridgehead atoms. The van der Waals surface area contributed by atoms with Crippen LogP contribution in [0.5, 0.6) is 5.75 Å². The Kier molecular flexibility index (Phi) is 4.54. The summed E-state index contributed by atoms with van der Waals surface area (Å²) in [6.07, 6.45) is 11.3. The van der Waals surface area contributed by atoms with E-state index in [0.29, 0.717) is 11.5 Å². The van der Waals surface area contributed by atoms with Gasteiger partial charge >= 0.3 is 0 Å². The quantitative estimate of drug-likeness (QED) is 0.787. The molecule has 1 aromatic carbocycles. The summed E-state index contributed by atoms with van der Waals surface area (Å²) in [5.74, 6) is 1.70. The Morgan fingerprint density at radius 1 is 1.05 bits per heavy atom. The molecule has 0 N–H and O–H groups in total. The number of benzene rings is 1. The van der Waals surface area contributed by atoms with Crippen molar-refractivity contribution in [3.05, 3.63) is 29.8 Å². The molecular formula is C19H28O2. The highest BCUT2D eigenvalue weighted by molar-refractivity contribution is 5.27. The molecule has 1 aromatic rings. The molecule has 21 heavy (non-hydrogen) atoms. The Morgan fingerprint density at radius 3 is 2.38 bits per heavy atom. The third-order valence-electron chi connectivity index (χ3n) is 5.77. The van der Waals surface area contributed by atoms with E-state index in [1.54, 1.807) is 7.11 Å². The van der Waals surface area contributed by atoms with Gasteiger partial charge in [0.15, 0.2) is 0 Å². The van der Waals surface area contributed by atoms with Crippen molar-refractivity contribution in [2.75, 3.05) is 14.2 Å². The number of rotatable bonds is 5. The highest BCUT2D eigenvalue weighted by Gasteiger charge is 2.53. The highest BCUT2D eigenvalue weighted by Crippen LogP contribution is 2.57. The van der Waals surface area contributed by atoms with Crippen molar-refractivity contribution in [2.24, 2.45) is 11.3 Å². The van der Waals surface area contributed by atoms with Gasteiger partial charge in [0.05, 0.1) is 13.2 Å². The molecule has 2 nitrogen and oxygen atoms in total. The van der Waals surface area contributed by atoms with Crippen LogP contribution in [0.3, 0.4) is 0 Å². The zero-order valence-electron chi connectivity index (χ0n) is 13.4. The topological polar surface area (TPSA) is 18.5 Å². The predicted octanol–water partition coefficient (Wildman–Crippen LogP) is 4.61. The lowest BCUT2D eigenvalue weighted by Crippen LogP contribution is -2.54. The summed E-state index contributed by atoms with van der Waals surface area (Å²) in [7, 11) is 3.64. The maximum Gasteiger partial charge on any atom is 0.118 e. The first-order valence-electron chi connectivity index (χ1n) is 8.43. The van der Waals surface area contributed by atoms with Crippen molar-refractivity contribution in [1.29, 1.82) is 0 Å². The molecule has 1 spiro atoms. The molecule has 2 aliphatic carbocycles. The molecule has 0 aromatic heterocycles. The minimum Gasteiger partial charge on any atom is -0.497 e. The molecule has 3 rings (SSSR count). The van der Waals surface area contributed by atoms with Gasteiger partial charge < -0.3 is 9.47 Å². The van der Waals surface area contributed by atoms with Crippen LogP contribution in [0.4, 0.5) is 0 Å². The number of aryl methyl sites for hydroxylation is 1. The lowest BCUT2D eigenvalue weighted by atomic mass is 9.52. The minimum absolute atomic E-state index is 0.510. The number of hydrogen-bond acceptors (Lipinski definition) is 2. The largest absolute Gasteiger partial charge is 0.497 e. The summed E-state index contributed by atoms with van der Waals surface area (Å²) < 4.78 is 11.1. The van der Waals surface area contributed by atoms with Crippen molar-refractivity contribution < 1.29 is 9.47 Å². The van der Waals surface area contributed by atoms with E-state index >= 15 is 0 Å². The predicted molar refractivity (Wildman–Crippen MR) is 85.7 cm³/mol. The Balaban J connectivity index is 1.53. The van der Waals surface area contributed by atoms with Crippen molar-refractivity contribution in [1.82, 2.24) is 0 Å². The zero-order chi connectivity index (χ0) is 14.7. The van der Waals surface area contributed by atoms with Gasteiger partial charge in [-0.15, -0.1) is 0 Å². The average molecular weight is 288 g/mol. The van der Waals surface area contributed by atoms with Crippen molar-refractivity contribution in [3.8, 4) is 5.75 Å². The van der Waals surface area contributed by atoms with E-state index < -0.39 is 0 Å². The van der Waals surface area contributed by atoms with Gasteiger partial charge in [-0.3, -0.25) is 0 Å². The summed E-state index contributed by atoms with van der Waals surface area (Å²) in [5, 5.41) is 0. The Bertz CT molecular complexity index is 445. The molecule has 2 atom stereocenters. The van der Waals surface area contributed by atoms with E-state index in [1.807, 2.05) is 7.11 Å². The number of methoxy groups -OCH3 is 2. The molecule has 0 radical (unpaired) electrons. The van der Waals surface area contributed by atoms with Gasteiger partial charge in [0.1, 0.15) is 5.75 Å². The normalized spacial score (nSPS) is 27.3. The van der Waals surface area contributed by atoms with E-state index in [0.717, 1.165) is 18.1 Å². The molecule has 0 amide bonds. The van der Waals surface area contributed by atoms with Crippen LogP contribution in [0.15, 0.2) is 24.3 Å². The van der Waals surface area contributed by atoms with Crippen molar-refractivity contribution in [2.45, 2.75) is 57.5 Å². The standard InChI is InChI=1S/C19H28O2/c1-20-17-10-7-15(8-11-17)6-9-16-14-19(18(16)21-2)12-4-3-5-13-19/h7-8,10-11,16,18H,3-6,9,12-14H2,1-2H3/t16-,18+/m1/s1. The summed E-state index contributed by atoms with van der Waals surface area (Å²) in [6.45, 7) is 0. The van der Waals surface area contributed by atoms with Gasteiger partial charge in [-0.25, -0.2) is 0 Å². The molecular weight excluding hydrogens is 260 g/mol. The average Bonchev–Trinajstić information content (AvgIpc) is 2.53. The van der Waals surface area contributed by atoms with E-state index in [2.05, 4.69) is 24.3 Å². The first-order chi connectivity index (χ1) is 10.3. The van der Waals surface area contributed by atoms with Crippen LogP contribution in [0.25, 0.3) is 0 Å². The summed E-state index contributed by atoms with van der Waals surface area (Å²) in [4.78, 5) is 0. The van der Waals surface area contributed by atoms with Gasteiger partial charge in [-0.1, -0.05) is 31.4 Å². The SMILES string of the molecule is COc1ccc(CC[C@@H]2CC3(CCCCC3)[C@H]2OC)cc1. The van der Waals surface area contributed by atoms with Crippen LogP contribution >= 0.6 is 0 Å². The van der Waals surface area contributed by atoms with E-state index in [9.17, 15) is 0 Å². The Morgan fingerprint density at radius 2 is 1.76 bits per heavy atom. The second-order valence-corrected chi connectivity index (χ2v) is 6.93. The molecule has 2 heteroatoms. The minimum atomic E-state index is 0.510. The van der Waals surface area contributed by atoms with Crippen molar-refractivity contribution in [3.63, 3.8) is 0 Å². The number of hydrogen-bond donors (Lipinski definition) is 0. The fourth-order valence-corrected chi connectivity index (χ4v) is 4.67. The first kappa shape index (κ1) is 14.9. The molecule has 0 aliphatic heterocycles. The van der Waals surface area contributed by atoms with Gasteiger partial charge in [0.25, 0.3) is 0 Å². The maximum atomic E-state index is 5.90. The fraction of sp³-hybridized carbons (Fsp3) is 0.684. The Hall–Kier alpha value is -1.02. The molecule has 2 fully saturated rings. The first-order valence-corrected chi connectivity index (χ1v) is 8.43. The second-order valence-electron chi connectivity index (χ2n) is 6.93. The highest BCUT2D eigenvalue weighted by atomic mass is 16.5. The molecule has 0 unspecified atom stereocenters. The maximum absolute atomic E-state index is 5.90. The summed E-state index contributed by atoms with van der Waals surface area (Å²) >= 11 is 0. The third-order valence-corrected chi connectivity index (χ3v) is 5.77. The Labute approximate surface area is 128 Å². The van der Waals surface area contributed by atoms with Crippen LogP contribution < -0.4 is 4.74 Å². The van der Waals surface area contributed by atoms with Crippen LogP contribution in [-0.4, -0.2) is 20.3 Å². The summed E-state index contributed by atoms with van der Waals surface area (Å²) in [5.41, 5.74) is 1.95. The monoisotopic (exact) mass is 288 g/mol. The van der Waals surface area contributed by atoms with Crippen molar-refractivity contribution >= 4 is 0 Å². The second kappa shape index (κ2) is 6.39. The van der Waals surface area contributed by atoms with Gasteiger partial charge in [0.2, 0.25) is 0 Å². The van der Waals surface area contributed by atoms with Crippen LogP contribution in [-0.2, 0) is 11.2 Å². The molecule has 0 heterocycles. The van der Waals surface area contributed by atoms with E-state index in [-0.39, 0.29) is 0 Å². The molecule has 116 valence electrons. The third kappa shape index (κ3) is 2.96. The lowest BCUT2D eigenvalue weighted by Gasteiger charge is -2.56. The van der Waals surface area contributed by atoms with Gasteiger partial charge in [-0.05, 0) is 61.1 Å². The summed E-state index contributed by atoms with van der Waals surface area (Å²) in [6, 6.07) is 8.50. The molecule has 2 saturated carbocycles. The van der Waals surface area contributed by atoms with Gasteiger partial charge in [-0.2, -0.15) is 0 Å². The van der Waals surface area contributed by atoms with Crippen LogP contribution in [0, 0.1) is 11.3 Å². The fourth-order valence-electron chi connectivity index (χ4n) is 4.67. The molecule has 2 aliphatic rings. The smallest absolute Gasteiger partial charge is 0.118 e. The molecule has 0 saturated heterocycles.